The molecule has 3 aromatic carbocycles. The van der Waals surface area contributed by atoms with E-state index in [0.29, 0.717) is 30.4 Å². The molecule has 0 atom stereocenters. The average Bonchev–Trinajstić information content (AvgIpc) is 3.13. The van der Waals surface area contributed by atoms with Crippen molar-refractivity contribution in [2.24, 2.45) is 0 Å². The zero-order valence-electron chi connectivity index (χ0n) is 16.1. The number of methoxy groups -OCH3 is 1. The predicted octanol–water partition coefficient (Wildman–Crippen LogP) is 3.90. The Morgan fingerprint density at radius 3 is 2.52 bits per heavy atom. The monoisotopic (exact) mass is 390 g/mol. The highest BCUT2D eigenvalue weighted by Gasteiger charge is 2.07. The standard InChI is InChI=1S/C23H22N2O4/c1-27-21-8-4-5-9-22(21)28-13-12-24-23(26)15-29-16-10-11-18-17-6-2-3-7-19(17)25-20(18)14-16/h2-11,14,25H,12-13,15H2,1H3,(H,24,26). The first-order valence-corrected chi connectivity index (χ1v) is 9.40. The third kappa shape index (κ3) is 4.27. The van der Waals surface area contributed by atoms with Gasteiger partial charge < -0.3 is 24.5 Å². The van der Waals surface area contributed by atoms with Crippen molar-refractivity contribution in [2.45, 2.75) is 0 Å². The minimum atomic E-state index is -0.203. The lowest BCUT2D eigenvalue weighted by molar-refractivity contribution is -0.123. The van der Waals surface area contributed by atoms with Gasteiger partial charge in [0.15, 0.2) is 18.1 Å². The summed E-state index contributed by atoms with van der Waals surface area (Å²) in [6.45, 7) is 0.662. The van der Waals surface area contributed by atoms with E-state index < -0.39 is 0 Å². The SMILES string of the molecule is COc1ccccc1OCCNC(=O)COc1ccc2c(c1)[nH]c1ccccc12. The van der Waals surface area contributed by atoms with Gasteiger partial charge in [-0.3, -0.25) is 4.79 Å². The maximum Gasteiger partial charge on any atom is 0.258 e. The first kappa shape index (κ1) is 18.7. The molecular weight excluding hydrogens is 368 g/mol. The number of benzene rings is 3. The fourth-order valence-electron chi connectivity index (χ4n) is 3.21. The van der Waals surface area contributed by atoms with Crippen LogP contribution in [0, 0.1) is 0 Å². The van der Waals surface area contributed by atoms with Crippen molar-refractivity contribution >= 4 is 27.7 Å². The molecule has 0 spiro atoms. The highest BCUT2D eigenvalue weighted by Crippen LogP contribution is 2.28. The van der Waals surface area contributed by atoms with Crippen LogP contribution in [0.3, 0.4) is 0 Å². The van der Waals surface area contributed by atoms with Crippen LogP contribution < -0.4 is 19.5 Å². The number of nitrogens with one attached hydrogen (secondary N) is 2. The largest absolute Gasteiger partial charge is 0.493 e. The summed E-state index contributed by atoms with van der Waals surface area (Å²) < 4.78 is 16.5. The van der Waals surface area contributed by atoms with Crippen LogP contribution in [0.25, 0.3) is 21.8 Å². The second-order valence-electron chi connectivity index (χ2n) is 6.52. The van der Waals surface area contributed by atoms with E-state index in [0.717, 1.165) is 16.4 Å². The number of amides is 1. The van der Waals surface area contributed by atoms with E-state index in [1.54, 1.807) is 7.11 Å². The van der Waals surface area contributed by atoms with Gasteiger partial charge in [0.25, 0.3) is 5.91 Å². The van der Waals surface area contributed by atoms with Gasteiger partial charge in [-0.05, 0) is 30.3 Å². The normalized spacial score (nSPS) is 10.8. The molecule has 1 heterocycles. The van der Waals surface area contributed by atoms with Crippen LogP contribution in [-0.2, 0) is 4.79 Å². The lowest BCUT2D eigenvalue weighted by Crippen LogP contribution is -2.32. The first-order valence-electron chi connectivity index (χ1n) is 9.40. The molecule has 0 saturated heterocycles. The van der Waals surface area contributed by atoms with Gasteiger partial charge in [-0.2, -0.15) is 0 Å². The smallest absolute Gasteiger partial charge is 0.258 e. The number of fused-ring (bicyclic) bond motifs is 3. The summed E-state index contributed by atoms with van der Waals surface area (Å²) in [5.41, 5.74) is 2.06. The van der Waals surface area contributed by atoms with E-state index in [-0.39, 0.29) is 12.5 Å². The average molecular weight is 390 g/mol. The topological polar surface area (TPSA) is 72.6 Å². The molecular formula is C23H22N2O4. The van der Waals surface area contributed by atoms with Gasteiger partial charge in [0.2, 0.25) is 0 Å². The molecule has 0 fully saturated rings. The van der Waals surface area contributed by atoms with Crippen LogP contribution in [0.4, 0.5) is 0 Å². The maximum absolute atomic E-state index is 12.0. The number of hydrogen-bond donors (Lipinski definition) is 2. The van der Waals surface area contributed by atoms with Gasteiger partial charge in [-0.1, -0.05) is 30.3 Å². The number of carbonyl (C=O) groups is 1. The number of carbonyl (C=O) groups excluding carboxylic acids is 1. The van der Waals surface area contributed by atoms with Crippen LogP contribution in [-0.4, -0.2) is 37.8 Å². The molecule has 1 aromatic heterocycles. The summed E-state index contributed by atoms with van der Waals surface area (Å²) in [5, 5.41) is 5.08. The van der Waals surface area contributed by atoms with Gasteiger partial charge in [-0.25, -0.2) is 0 Å². The predicted molar refractivity (Wildman–Crippen MR) is 113 cm³/mol. The van der Waals surface area contributed by atoms with E-state index in [9.17, 15) is 4.79 Å². The molecule has 1 amide bonds. The summed E-state index contributed by atoms with van der Waals surface area (Å²) in [6.07, 6.45) is 0. The number of para-hydroxylation sites is 3. The molecule has 0 saturated carbocycles. The molecule has 0 unspecified atom stereocenters. The van der Waals surface area contributed by atoms with Crippen molar-refractivity contribution in [1.82, 2.24) is 10.3 Å². The van der Waals surface area contributed by atoms with Gasteiger partial charge in [0, 0.05) is 22.4 Å². The zero-order chi connectivity index (χ0) is 20.1. The van der Waals surface area contributed by atoms with Crippen LogP contribution in [0.15, 0.2) is 66.7 Å². The number of aromatic nitrogens is 1. The van der Waals surface area contributed by atoms with Gasteiger partial charge in [-0.15, -0.1) is 0 Å². The van der Waals surface area contributed by atoms with Crippen LogP contribution in [0.1, 0.15) is 0 Å². The Bertz CT molecular complexity index is 1140. The third-order valence-electron chi connectivity index (χ3n) is 4.60. The molecule has 0 aliphatic heterocycles. The zero-order valence-corrected chi connectivity index (χ0v) is 16.1. The molecule has 0 radical (unpaired) electrons. The van der Waals surface area contributed by atoms with E-state index in [1.165, 1.54) is 5.39 Å². The fraction of sp³-hybridized carbons (Fsp3) is 0.174. The Labute approximate surface area is 168 Å². The van der Waals surface area contributed by atoms with Crippen LogP contribution >= 0.6 is 0 Å². The molecule has 148 valence electrons. The number of rotatable bonds is 8. The molecule has 4 rings (SSSR count). The summed E-state index contributed by atoms with van der Waals surface area (Å²) >= 11 is 0. The summed E-state index contributed by atoms with van der Waals surface area (Å²) in [6, 6.07) is 21.3. The van der Waals surface area contributed by atoms with E-state index >= 15 is 0 Å². The summed E-state index contributed by atoms with van der Waals surface area (Å²) in [5.74, 6) is 1.75. The fourth-order valence-corrected chi connectivity index (χ4v) is 3.21. The number of H-pyrrole nitrogens is 1. The molecule has 0 aliphatic carbocycles. The van der Waals surface area contributed by atoms with E-state index in [2.05, 4.69) is 16.4 Å². The third-order valence-corrected chi connectivity index (χ3v) is 4.60. The minimum absolute atomic E-state index is 0.0552. The Balaban J connectivity index is 1.26. The molecule has 6 heteroatoms. The van der Waals surface area contributed by atoms with Crippen LogP contribution in [0.2, 0.25) is 0 Å². The minimum Gasteiger partial charge on any atom is -0.493 e. The van der Waals surface area contributed by atoms with Crippen molar-refractivity contribution in [1.29, 1.82) is 0 Å². The van der Waals surface area contributed by atoms with Gasteiger partial charge in [0.1, 0.15) is 12.4 Å². The first-order chi connectivity index (χ1) is 14.2. The lowest BCUT2D eigenvalue weighted by Gasteiger charge is -2.11. The Morgan fingerprint density at radius 2 is 1.66 bits per heavy atom. The number of aromatic amines is 1. The van der Waals surface area contributed by atoms with Crippen molar-refractivity contribution < 1.29 is 19.0 Å². The highest BCUT2D eigenvalue weighted by molar-refractivity contribution is 6.07. The number of ether oxygens (including phenoxy) is 3. The number of hydrogen-bond acceptors (Lipinski definition) is 4. The summed E-state index contributed by atoms with van der Waals surface area (Å²) in [7, 11) is 1.59. The molecule has 6 nitrogen and oxygen atoms in total. The maximum atomic E-state index is 12.0. The molecule has 4 aromatic rings. The van der Waals surface area contributed by atoms with Gasteiger partial charge in [0.05, 0.1) is 19.2 Å². The van der Waals surface area contributed by atoms with Crippen molar-refractivity contribution in [3.63, 3.8) is 0 Å². The second kappa shape index (κ2) is 8.56. The van der Waals surface area contributed by atoms with Gasteiger partial charge >= 0.3 is 0 Å². The molecule has 0 bridgehead atoms. The molecule has 2 N–H and O–H groups in total. The quantitative estimate of drug-likeness (QED) is 0.448. The molecule has 0 aliphatic rings. The van der Waals surface area contributed by atoms with Crippen molar-refractivity contribution in [3.05, 3.63) is 66.7 Å². The second-order valence-corrected chi connectivity index (χ2v) is 6.52. The van der Waals surface area contributed by atoms with Crippen molar-refractivity contribution in [2.75, 3.05) is 26.9 Å². The Morgan fingerprint density at radius 1 is 0.897 bits per heavy atom. The van der Waals surface area contributed by atoms with Crippen molar-refractivity contribution in [3.8, 4) is 17.2 Å². The molecule has 29 heavy (non-hydrogen) atoms. The lowest BCUT2D eigenvalue weighted by atomic mass is 10.1. The Hall–Kier alpha value is -3.67. The van der Waals surface area contributed by atoms with E-state index in [4.69, 9.17) is 14.2 Å². The summed E-state index contributed by atoms with van der Waals surface area (Å²) in [4.78, 5) is 15.4. The highest BCUT2D eigenvalue weighted by atomic mass is 16.5. The van der Waals surface area contributed by atoms with Crippen LogP contribution in [0.5, 0.6) is 17.2 Å². The Kier molecular flexibility index (Phi) is 5.52. The van der Waals surface area contributed by atoms with E-state index in [1.807, 2.05) is 60.7 Å².